The molecular weight excluding hydrogens is 406 g/mol. The zero-order valence-corrected chi connectivity index (χ0v) is 17.3. The number of halogens is 1. The van der Waals surface area contributed by atoms with E-state index < -0.39 is 0 Å². The number of fused-ring (bicyclic) bond motifs is 2. The molecule has 2 N–H and O–H groups in total. The molecule has 1 unspecified atom stereocenters. The molecule has 3 heterocycles. The van der Waals surface area contributed by atoms with Crippen LogP contribution < -0.4 is 25.0 Å². The van der Waals surface area contributed by atoms with Gasteiger partial charge in [-0.05, 0) is 42.7 Å². The van der Waals surface area contributed by atoms with Crippen molar-refractivity contribution in [3.05, 3.63) is 42.0 Å². The molecule has 0 aromatic heterocycles. The molecule has 0 bridgehead atoms. The monoisotopic (exact) mass is 429 g/mol. The van der Waals surface area contributed by atoms with Crippen LogP contribution in [0.5, 0.6) is 11.5 Å². The average molecular weight is 430 g/mol. The van der Waals surface area contributed by atoms with Crippen molar-refractivity contribution in [2.24, 2.45) is 5.92 Å². The molecule has 0 aliphatic carbocycles. The summed E-state index contributed by atoms with van der Waals surface area (Å²) in [4.78, 5) is 29.5. The molecule has 8 heteroatoms. The Morgan fingerprint density at radius 2 is 1.90 bits per heavy atom. The summed E-state index contributed by atoms with van der Waals surface area (Å²) in [5.74, 6) is 0.886. The summed E-state index contributed by atoms with van der Waals surface area (Å²) < 4.78 is 11.2. The average Bonchev–Trinajstić information content (AvgIpc) is 3.14. The summed E-state index contributed by atoms with van der Waals surface area (Å²) in [5.41, 5.74) is 9.48. The number of hydrogen-bond acceptors (Lipinski definition) is 5. The highest BCUT2D eigenvalue weighted by Crippen LogP contribution is 2.37. The number of benzene rings is 2. The Kier molecular flexibility index (Phi) is 5.47. The van der Waals surface area contributed by atoms with Crippen LogP contribution in [-0.4, -0.2) is 38.1 Å². The number of anilines is 3. The van der Waals surface area contributed by atoms with Gasteiger partial charge in [0.05, 0.1) is 5.92 Å². The number of carbonyl (C=O) groups excluding carboxylic acids is 2. The van der Waals surface area contributed by atoms with Crippen LogP contribution in [0.1, 0.15) is 18.4 Å². The van der Waals surface area contributed by atoms with E-state index >= 15 is 0 Å². The van der Waals surface area contributed by atoms with E-state index in [2.05, 4.69) is 0 Å². The molecule has 0 spiro atoms. The van der Waals surface area contributed by atoms with Gasteiger partial charge in [0, 0.05) is 42.6 Å². The summed E-state index contributed by atoms with van der Waals surface area (Å²) in [5, 5.41) is 0. The van der Waals surface area contributed by atoms with Gasteiger partial charge in [0.2, 0.25) is 11.8 Å². The molecular formula is C22H24ClN3O4. The Bertz CT molecular complexity index is 996. The van der Waals surface area contributed by atoms with Crippen LogP contribution in [0.15, 0.2) is 36.4 Å². The third-order valence-electron chi connectivity index (χ3n) is 5.86. The highest BCUT2D eigenvalue weighted by atomic mass is 35.5. The minimum absolute atomic E-state index is 0. The first-order valence-corrected chi connectivity index (χ1v) is 10.0. The summed E-state index contributed by atoms with van der Waals surface area (Å²) in [6, 6.07) is 11.2. The van der Waals surface area contributed by atoms with Crippen molar-refractivity contribution in [3.8, 4) is 11.5 Å². The van der Waals surface area contributed by atoms with Crippen LogP contribution in [0.2, 0.25) is 0 Å². The second kappa shape index (κ2) is 8.07. The van der Waals surface area contributed by atoms with Gasteiger partial charge in [-0.15, -0.1) is 12.4 Å². The van der Waals surface area contributed by atoms with E-state index in [0.717, 1.165) is 35.5 Å². The number of ether oxygens (including phenoxy) is 2. The number of amides is 2. The summed E-state index contributed by atoms with van der Waals surface area (Å²) in [6.45, 7) is 2.03. The van der Waals surface area contributed by atoms with Crippen LogP contribution in [0.25, 0.3) is 0 Å². The van der Waals surface area contributed by atoms with Crippen molar-refractivity contribution < 1.29 is 19.1 Å². The highest BCUT2D eigenvalue weighted by molar-refractivity contribution is 6.05. The van der Waals surface area contributed by atoms with Crippen molar-refractivity contribution in [3.63, 3.8) is 0 Å². The standard InChI is InChI=1S/C22H23N3O4.ClH/c23-17-4-1-5-18-16(17)3-2-8-24(18)22(27)14-11-21(26)25(13-14)15-6-7-19-20(12-15)29-10-9-28-19;/h1,4-7,12,14H,2-3,8-11,13,23H2;1H. The number of carbonyl (C=O) groups is 2. The first-order chi connectivity index (χ1) is 14.1. The van der Waals surface area contributed by atoms with E-state index in [1.165, 1.54) is 0 Å². The number of nitrogens with two attached hydrogens (primary N) is 1. The van der Waals surface area contributed by atoms with Crippen molar-refractivity contribution in [1.82, 2.24) is 0 Å². The Hall–Kier alpha value is -2.93. The fourth-order valence-electron chi connectivity index (χ4n) is 4.42. The van der Waals surface area contributed by atoms with Gasteiger partial charge in [0.1, 0.15) is 13.2 Å². The van der Waals surface area contributed by atoms with Gasteiger partial charge in [-0.25, -0.2) is 0 Å². The maximum Gasteiger partial charge on any atom is 0.232 e. The molecule has 2 aromatic carbocycles. The van der Waals surface area contributed by atoms with E-state index in [-0.39, 0.29) is 36.6 Å². The molecule has 158 valence electrons. The maximum atomic E-state index is 13.3. The first kappa shape index (κ1) is 20.3. The Labute approximate surface area is 181 Å². The molecule has 3 aliphatic rings. The molecule has 7 nitrogen and oxygen atoms in total. The maximum absolute atomic E-state index is 13.3. The van der Waals surface area contributed by atoms with E-state index in [1.54, 1.807) is 9.80 Å². The Morgan fingerprint density at radius 3 is 2.73 bits per heavy atom. The molecule has 0 saturated carbocycles. The normalized spacial score (nSPS) is 19.9. The zero-order valence-electron chi connectivity index (χ0n) is 16.5. The van der Waals surface area contributed by atoms with Crippen LogP contribution in [0.4, 0.5) is 17.1 Å². The predicted molar refractivity (Wildman–Crippen MR) is 117 cm³/mol. The largest absolute Gasteiger partial charge is 0.486 e. The molecule has 3 aliphatic heterocycles. The second-order valence-electron chi connectivity index (χ2n) is 7.67. The summed E-state index contributed by atoms with van der Waals surface area (Å²) >= 11 is 0. The van der Waals surface area contributed by atoms with Crippen LogP contribution in [0, 0.1) is 5.92 Å². The summed E-state index contributed by atoms with van der Waals surface area (Å²) in [7, 11) is 0. The fourth-order valence-corrected chi connectivity index (χ4v) is 4.42. The topological polar surface area (TPSA) is 85.1 Å². The highest BCUT2D eigenvalue weighted by Gasteiger charge is 2.39. The van der Waals surface area contributed by atoms with Crippen molar-refractivity contribution in [2.75, 3.05) is 41.8 Å². The first-order valence-electron chi connectivity index (χ1n) is 10.0. The van der Waals surface area contributed by atoms with Gasteiger partial charge in [0.15, 0.2) is 11.5 Å². The predicted octanol–water partition coefficient (Wildman–Crippen LogP) is 2.79. The van der Waals surface area contributed by atoms with Crippen LogP contribution in [-0.2, 0) is 16.0 Å². The Balaban J connectivity index is 0.00000218. The zero-order chi connectivity index (χ0) is 20.0. The van der Waals surface area contributed by atoms with Gasteiger partial charge in [0.25, 0.3) is 0 Å². The van der Waals surface area contributed by atoms with Gasteiger partial charge in [-0.2, -0.15) is 0 Å². The van der Waals surface area contributed by atoms with Crippen LogP contribution >= 0.6 is 12.4 Å². The third kappa shape index (κ3) is 3.43. The molecule has 5 rings (SSSR count). The van der Waals surface area contributed by atoms with Gasteiger partial charge in [-0.3, -0.25) is 9.59 Å². The lowest BCUT2D eigenvalue weighted by molar-refractivity contribution is -0.124. The molecule has 2 aromatic rings. The van der Waals surface area contributed by atoms with Gasteiger partial charge < -0.3 is 25.0 Å². The van der Waals surface area contributed by atoms with Gasteiger partial charge >= 0.3 is 0 Å². The van der Waals surface area contributed by atoms with Crippen molar-refractivity contribution >= 4 is 41.3 Å². The minimum atomic E-state index is -0.372. The molecule has 1 atom stereocenters. The SMILES string of the molecule is Cl.Nc1cccc2c1CCCN2C(=O)C1CC(=O)N(c2ccc3c(c2)OCCO3)C1. The lowest BCUT2D eigenvalue weighted by atomic mass is 9.97. The summed E-state index contributed by atoms with van der Waals surface area (Å²) in [6.07, 6.45) is 1.96. The van der Waals surface area contributed by atoms with Crippen LogP contribution in [0.3, 0.4) is 0 Å². The lowest BCUT2D eigenvalue weighted by Crippen LogP contribution is -2.40. The lowest BCUT2D eigenvalue weighted by Gasteiger charge is -2.32. The molecule has 1 fully saturated rings. The fraction of sp³-hybridized carbons (Fsp3) is 0.364. The minimum Gasteiger partial charge on any atom is -0.486 e. The third-order valence-corrected chi connectivity index (χ3v) is 5.86. The van der Waals surface area contributed by atoms with E-state index in [0.29, 0.717) is 37.8 Å². The smallest absolute Gasteiger partial charge is 0.232 e. The van der Waals surface area contributed by atoms with Gasteiger partial charge in [-0.1, -0.05) is 6.07 Å². The quantitative estimate of drug-likeness (QED) is 0.742. The molecule has 2 amide bonds. The number of nitrogen functional groups attached to an aromatic ring is 1. The number of nitrogens with zero attached hydrogens (tertiary/aromatic N) is 2. The van der Waals surface area contributed by atoms with Crippen molar-refractivity contribution in [2.45, 2.75) is 19.3 Å². The van der Waals surface area contributed by atoms with Crippen molar-refractivity contribution in [1.29, 1.82) is 0 Å². The van der Waals surface area contributed by atoms with E-state index in [4.69, 9.17) is 15.2 Å². The molecule has 0 radical (unpaired) electrons. The van der Waals surface area contributed by atoms with E-state index in [9.17, 15) is 9.59 Å². The number of hydrogen-bond donors (Lipinski definition) is 1. The number of rotatable bonds is 2. The second-order valence-corrected chi connectivity index (χ2v) is 7.67. The molecule has 30 heavy (non-hydrogen) atoms. The Morgan fingerprint density at radius 1 is 1.10 bits per heavy atom. The van der Waals surface area contributed by atoms with E-state index in [1.807, 2.05) is 36.4 Å². The molecule has 1 saturated heterocycles.